The molecule has 11 nitrogen and oxygen atoms in total. The second-order valence-corrected chi connectivity index (χ2v) is 5.81. The van der Waals surface area contributed by atoms with Gasteiger partial charge in [-0.1, -0.05) is 0 Å². The van der Waals surface area contributed by atoms with Gasteiger partial charge in [-0.15, -0.1) is 0 Å². The molecule has 1 fully saturated rings. The summed E-state index contributed by atoms with van der Waals surface area (Å²) in [4.78, 5) is 33.1. The first kappa shape index (κ1) is 17.0. The second-order valence-electron chi connectivity index (χ2n) is 4.61. The maximum Gasteiger partial charge on any atom is 0.470 e. The normalized spacial score (nSPS) is 28.9. The van der Waals surface area contributed by atoms with Gasteiger partial charge in [-0.3, -0.25) is 9.09 Å². The maximum absolute atomic E-state index is 11.8. The van der Waals surface area contributed by atoms with Crippen molar-refractivity contribution in [1.82, 2.24) is 9.55 Å². The third-order valence-corrected chi connectivity index (χ3v) is 3.54. The molecule has 22 heavy (non-hydrogen) atoms. The molecule has 0 aromatic carbocycles. The molecule has 4 unspecified atom stereocenters. The van der Waals surface area contributed by atoms with Crippen LogP contribution in [0.15, 0.2) is 17.1 Å². The summed E-state index contributed by atoms with van der Waals surface area (Å²) >= 11 is 0. The summed E-state index contributed by atoms with van der Waals surface area (Å²) in [5, 5.41) is 10.2. The molecule has 2 rings (SSSR count). The van der Waals surface area contributed by atoms with Gasteiger partial charge in [-0.2, -0.15) is 4.98 Å². The fourth-order valence-corrected chi connectivity index (χ4v) is 2.73. The number of hydrogen-bond acceptors (Lipinski definition) is 8. The summed E-state index contributed by atoms with van der Waals surface area (Å²) in [5.74, 6) is -0.00908. The number of nitrogen functional groups attached to an aromatic ring is 1. The molecule has 0 radical (unpaired) electrons. The summed E-state index contributed by atoms with van der Waals surface area (Å²) in [6.45, 7) is -0.102. The van der Waals surface area contributed by atoms with Crippen LogP contribution in [0.2, 0.25) is 0 Å². The SMILES string of the molecule is COCC1OC(n2ccc(N)nc2=O)C(O)C1OP(=O)(O)O. The predicted molar refractivity (Wildman–Crippen MR) is 71.6 cm³/mol. The van der Waals surface area contributed by atoms with E-state index >= 15 is 0 Å². The molecule has 0 spiro atoms. The molecule has 124 valence electrons. The second kappa shape index (κ2) is 6.42. The lowest BCUT2D eigenvalue weighted by atomic mass is 10.1. The first-order valence-electron chi connectivity index (χ1n) is 6.14. The van der Waals surface area contributed by atoms with E-state index in [9.17, 15) is 14.5 Å². The number of hydrogen-bond donors (Lipinski definition) is 4. The Morgan fingerprint density at radius 2 is 2.23 bits per heavy atom. The molecule has 2 heterocycles. The van der Waals surface area contributed by atoms with Gasteiger partial charge in [-0.05, 0) is 6.07 Å². The van der Waals surface area contributed by atoms with Gasteiger partial charge in [0.25, 0.3) is 0 Å². The van der Waals surface area contributed by atoms with Gasteiger partial charge in [0, 0.05) is 13.3 Å². The van der Waals surface area contributed by atoms with E-state index in [1.165, 1.54) is 19.4 Å². The Balaban J connectivity index is 2.30. The van der Waals surface area contributed by atoms with Crippen molar-refractivity contribution < 1.29 is 33.5 Å². The molecule has 4 atom stereocenters. The summed E-state index contributed by atoms with van der Waals surface area (Å²) in [6, 6.07) is 1.32. The molecule has 1 aromatic rings. The summed E-state index contributed by atoms with van der Waals surface area (Å²) in [5.41, 5.74) is 4.59. The monoisotopic (exact) mass is 337 g/mol. The fraction of sp³-hybridized carbons (Fsp3) is 0.600. The smallest absolute Gasteiger partial charge is 0.386 e. The van der Waals surface area contributed by atoms with E-state index in [1.807, 2.05) is 0 Å². The van der Waals surface area contributed by atoms with Crippen molar-refractivity contribution in [2.75, 3.05) is 19.5 Å². The minimum atomic E-state index is -4.87. The molecule has 1 saturated heterocycles. The number of nitrogens with zero attached hydrogens (tertiary/aromatic N) is 2. The van der Waals surface area contributed by atoms with Crippen LogP contribution in [0.25, 0.3) is 0 Å². The van der Waals surface area contributed by atoms with Gasteiger partial charge in [0.15, 0.2) is 6.23 Å². The van der Waals surface area contributed by atoms with Gasteiger partial charge < -0.3 is 30.1 Å². The van der Waals surface area contributed by atoms with E-state index in [4.69, 9.17) is 25.0 Å². The highest BCUT2D eigenvalue weighted by Gasteiger charge is 2.48. The highest BCUT2D eigenvalue weighted by molar-refractivity contribution is 7.46. The van der Waals surface area contributed by atoms with Crippen LogP contribution in [0.1, 0.15) is 6.23 Å². The van der Waals surface area contributed by atoms with E-state index in [2.05, 4.69) is 9.51 Å². The van der Waals surface area contributed by atoms with Gasteiger partial charge in [-0.25, -0.2) is 9.36 Å². The first-order chi connectivity index (χ1) is 10.2. The van der Waals surface area contributed by atoms with Crippen molar-refractivity contribution in [3.05, 3.63) is 22.7 Å². The Kier molecular flexibility index (Phi) is 4.97. The third kappa shape index (κ3) is 3.70. The van der Waals surface area contributed by atoms with Crippen LogP contribution in [0.4, 0.5) is 5.82 Å². The van der Waals surface area contributed by atoms with Crippen LogP contribution >= 0.6 is 7.82 Å². The lowest BCUT2D eigenvalue weighted by Gasteiger charge is -2.20. The Bertz CT molecular complexity index is 631. The third-order valence-electron chi connectivity index (χ3n) is 3.03. The Hall–Kier alpha value is -1.33. The molecule has 5 N–H and O–H groups in total. The zero-order valence-electron chi connectivity index (χ0n) is 11.5. The summed E-state index contributed by atoms with van der Waals surface area (Å²) in [6.07, 6.45) is -3.87. The quantitative estimate of drug-likeness (QED) is 0.450. The zero-order valence-corrected chi connectivity index (χ0v) is 12.4. The number of aromatic nitrogens is 2. The van der Waals surface area contributed by atoms with Gasteiger partial charge in [0.2, 0.25) is 0 Å². The minimum absolute atomic E-state index is 0.00908. The lowest BCUT2D eigenvalue weighted by Crippen LogP contribution is -2.37. The fourth-order valence-electron chi connectivity index (χ4n) is 2.16. The predicted octanol–water partition coefficient (Wildman–Crippen LogP) is -1.79. The van der Waals surface area contributed by atoms with E-state index in [0.29, 0.717) is 0 Å². The molecule has 1 aliphatic rings. The Labute approximate surface area is 124 Å². The number of rotatable bonds is 5. The van der Waals surface area contributed by atoms with Gasteiger partial charge >= 0.3 is 13.5 Å². The number of phosphoric acid groups is 1. The molecule has 0 amide bonds. The molecule has 0 saturated carbocycles. The first-order valence-corrected chi connectivity index (χ1v) is 7.67. The number of aliphatic hydroxyl groups is 1. The number of aliphatic hydroxyl groups excluding tert-OH is 1. The highest BCUT2D eigenvalue weighted by atomic mass is 31.2. The molecule has 1 aliphatic heterocycles. The molecular weight excluding hydrogens is 321 g/mol. The van der Waals surface area contributed by atoms with E-state index < -0.39 is 38.1 Å². The van der Waals surface area contributed by atoms with Crippen LogP contribution in [-0.2, 0) is 18.6 Å². The van der Waals surface area contributed by atoms with E-state index in [0.717, 1.165) is 4.57 Å². The number of ether oxygens (including phenoxy) is 2. The largest absolute Gasteiger partial charge is 0.470 e. The number of nitrogens with two attached hydrogens (primary N) is 1. The minimum Gasteiger partial charge on any atom is -0.386 e. The summed E-state index contributed by atoms with van der Waals surface area (Å²) in [7, 11) is -3.53. The average molecular weight is 337 g/mol. The van der Waals surface area contributed by atoms with Crippen molar-refractivity contribution in [2.45, 2.75) is 24.5 Å². The molecule has 12 heteroatoms. The van der Waals surface area contributed by atoms with Crippen LogP contribution in [0.5, 0.6) is 0 Å². The van der Waals surface area contributed by atoms with Crippen molar-refractivity contribution in [1.29, 1.82) is 0 Å². The van der Waals surface area contributed by atoms with Crippen LogP contribution in [-0.4, -0.2) is 56.5 Å². The van der Waals surface area contributed by atoms with E-state index in [1.54, 1.807) is 0 Å². The topological polar surface area (TPSA) is 166 Å². The van der Waals surface area contributed by atoms with Crippen LogP contribution < -0.4 is 11.4 Å². The average Bonchev–Trinajstić information content (AvgIpc) is 2.67. The van der Waals surface area contributed by atoms with E-state index in [-0.39, 0.29) is 12.4 Å². The maximum atomic E-state index is 11.8. The lowest BCUT2D eigenvalue weighted by molar-refractivity contribution is -0.0611. The van der Waals surface area contributed by atoms with Crippen LogP contribution in [0.3, 0.4) is 0 Å². The molecule has 0 aliphatic carbocycles. The Morgan fingerprint density at radius 3 is 2.77 bits per heavy atom. The van der Waals surface area contributed by atoms with Crippen molar-refractivity contribution in [3.8, 4) is 0 Å². The highest BCUT2D eigenvalue weighted by Crippen LogP contribution is 2.43. The van der Waals surface area contributed by atoms with Crippen molar-refractivity contribution in [2.24, 2.45) is 0 Å². The number of phosphoric ester groups is 1. The standard InChI is InChI=1S/C10H16N3O8P/c1-19-4-5-8(21-22(16,17)18)7(14)9(20-5)13-3-2-6(11)12-10(13)15/h2-3,5,7-9,14H,4H2,1H3,(H2,11,12,15)(H2,16,17,18). The summed E-state index contributed by atoms with van der Waals surface area (Å²) < 4.78 is 26.8. The van der Waals surface area contributed by atoms with Gasteiger partial charge in [0.05, 0.1) is 6.61 Å². The van der Waals surface area contributed by atoms with Crippen molar-refractivity contribution >= 4 is 13.6 Å². The van der Waals surface area contributed by atoms with Gasteiger partial charge in [0.1, 0.15) is 24.1 Å². The number of anilines is 1. The van der Waals surface area contributed by atoms with Crippen LogP contribution in [0, 0.1) is 0 Å². The molecule has 0 bridgehead atoms. The zero-order chi connectivity index (χ0) is 16.5. The van der Waals surface area contributed by atoms with Crippen molar-refractivity contribution in [3.63, 3.8) is 0 Å². The Morgan fingerprint density at radius 1 is 1.55 bits per heavy atom. The number of methoxy groups -OCH3 is 1. The molecule has 1 aromatic heterocycles. The molecular formula is C10H16N3O8P.